The monoisotopic (exact) mass is 292 g/mol. The Kier molecular flexibility index (Phi) is 6.19. The molecule has 22 heavy (non-hydrogen) atoms. The van der Waals surface area contributed by atoms with E-state index in [1.54, 1.807) is 12.1 Å². The fourth-order valence-electron chi connectivity index (χ4n) is 2.26. The van der Waals surface area contributed by atoms with Crippen molar-refractivity contribution in [2.45, 2.75) is 25.7 Å². The number of rotatable bonds is 7. The molecule has 0 heterocycles. The molecule has 0 saturated heterocycles. The van der Waals surface area contributed by atoms with Crippen molar-refractivity contribution in [3.8, 4) is 6.07 Å². The van der Waals surface area contributed by atoms with Crippen molar-refractivity contribution in [1.29, 1.82) is 5.26 Å². The van der Waals surface area contributed by atoms with E-state index in [0.29, 0.717) is 24.9 Å². The van der Waals surface area contributed by atoms with Gasteiger partial charge in [-0.25, -0.2) is 0 Å². The molecule has 0 aliphatic heterocycles. The smallest absolute Gasteiger partial charge is 0.220 e. The Morgan fingerprint density at radius 2 is 1.64 bits per heavy atom. The van der Waals surface area contributed by atoms with Crippen molar-refractivity contribution >= 4 is 5.91 Å². The minimum Gasteiger partial charge on any atom is -0.356 e. The first-order chi connectivity index (χ1) is 10.8. The van der Waals surface area contributed by atoms with Gasteiger partial charge in [0.1, 0.15) is 0 Å². The van der Waals surface area contributed by atoms with Crippen molar-refractivity contribution in [1.82, 2.24) is 5.32 Å². The van der Waals surface area contributed by atoms with Crippen molar-refractivity contribution in [2.24, 2.45) is 0 Å². The average Bonchev–Trinajstić information content (AvgIpc) is 2.58. The van der Waals surface area contributed by atoms with Crippen LogP contribution in [0.3, 0.4) is 0 Å². The molecule has 0 atom stereocenters. The van der Waals surface area contributed by atoms with E-state index in [4.69, 9.17) is 5.26 Å². The van der Waals surface area contributed by atoms with Gasteiger partial charge in [0, 0.05) is 13.0 Å². The van der Waals surface area contributed by atoms with E-state index >= 15 is 0 Å². The highest BCUT2D eigenvalue weighted by molar-refractivity contribution is 5.76. The lowest BCUT2D eigenvalue weighted by atomic mass is 10.1. The van der Waals surface area contributed by atoms with Crippen LogP contribution >= 0.6 is 0 Å². The maximum Gasteiger partial charge on any atom is 0.220 e. The number of nitriles is 1. The normalized spacial score (nSPS) is 9.95. The summed E-state index contributed by atoms with van der Waals surface area (Å²) in [6.45, 7) is 0.709. The zero-order chi connectivity index (χ0) is 15.6. The van der Waals surface area contributed by atoms with Gasteiger partial charge in [-0.1, -0.05) is 42.5 Å². The number of nitrogens with zero attached hydrogens (tertiary/aromatic N) is 1. The number of hydrogen-bond donors (Lipinski definition) is 1. The number of carbonyl (C=O) groups is 1. The summed E-state index contributed by atoms with van der Waals surface area (Å²) in [5.41, 5.74) is 3.03. The Morgan fingerprint density at radius 3 is 2.32 bits per heavy atom. The molecule has 0 aliphatic carbocycles. The predicted molar refractivity (Wildman–Crippen MR) is 87.3 cm³/mol. The molecule has 0 aliphatic rings. The van der Waals surface area contributed by atoms with Crippen LogP contribution in [0.2, 0.25) is 0 Å². The van der Waals surface area contributed by atoms with Crippen LogP contribution in [0.4, 0.5) is 0 Å². The summed E-state index contributed by atoms with van der Waals surface area (Å²) in [5.74, 6) is 0.0809. The molecule has 2 rings (SSSR count). The summed E-state index contributed by atoms with van der Waals surface area (Å²) in [7, 11) is 0. The molecule has 0 saturated carbocycles. The van der Waals surface area contributed by atoms with Gasteiger partial charge in [-0.05, 0) is 42.5 Å². The summed E-state index contributed by atoms with van der Waals surface area (Å²) in [6, 6.07) is 19.7. The molecule has 2 aromatic rings. The van der Waals surface area contributed by atoms with E-state index in [-0.39, 0.29) is 5.91 Å². The second-order valence-electron chi connectivity index (χ2n) is 5.25. The molecule has 3 heteroatoms. The van der Waals surface area contributed by atoms with Gasteiger partial charge in [-0.2, -0.15) is 5.26 Å². The second-order valence-corrected chi connectivity index (χ2v) is 5.25. The zero-order valence-electron chi connectivity index (χ0n) is 12.6. The molecule has 2 aromatic carbocycles. The number of hydrogen-bond acceptors (Lipinski definition) is 2. The first-order valence-corrected chi connectivity index (χ1v) is 7.57. The Morgan fingerprint density at radius 1 is 0.955 bits per heavy atom. The number of benzene rings is 2. The third kappa shape index (κ3) is 5.41. The van der Waals surface area contributed by atoms with Crippen LogP contribution in [0.15, 0.2) is 54.6 Å². The van der Waals surface area contributed by atoms with Gasteiger partial charge in [-0.15, -0.1) is 0 Å². The highest BCUT2D eigenvalue weighted by Crippen LogP contribution is 2.06. The molecule has 0 fully saturated rings. The summed E-state index contributed by atoms with van der Waals surface area (Å²) in [4.78, 5) is 11.8. The minimum atomic E-state index is 0.0809. The lowest BCUT2D eigenvalue weighted by Gasteiger charge is -2.06. The highest BCUT2D eigenvalue weighted by Gasteiger charge is 2.02. The fourth-order valence-corrected chi connectivity index (χ4v) is 2.26. The van der Waals surface area contributed by atoms with E-state index in [1.165, 1.54) is 5.56 Å². The second kappa shape index (κ2) is 8.63. The Labute approximate surface area is 131 Å². The largest absolute Gasteiger partial charge is 0.356 e. The molecule has 112 valence electrons. The van der Waals surface area contributed by atoms with Crippen molar-refractivity contribution in [2.75, 3.05) is 6.54 Å². The fraction of sp³-hybridized carbons (Fsp3) is 0.263. The topological polar surface area (TPSA) is 52.9 Å². The van der Waals surface area contributed by atoms with E-state index in [9.17, 15) is 4.79 Å². The van der Waals surface area contributed by atoms with Crippen LogP contribution in [0.1, 0.15) is 29.5 Å². The summed E-state index contributed by atoms with van der Waals surface area (Å²) >= 11 is 0. The minimum absolute atomic E-state index is 0.0809. The third-order valence-corrected chi connectivity index (χ3v) is 3.53. The molecular formula is C19H20N2O. The molecule has 0 bridgehead atoms. The molecule has 0 aromatic heterocycles. The molecule has 0 spiro atoms. The first-order valence-electron chi connectivity index (χ1n) is 7.57. The molecule has 1 amide bonds. The third-order valence-electron chi connectivity index (χ3n) is 3.53. The molecule has 0 radical (unpaired) electrons. The molecule has 0 unspecified atom stereocenters. The van der Waals surface area contributed by atoms with Gasteiger partial charge in [0.15, 0.2) is 0 Å². The van der Waals surface area contributed by atoms with Gasteiger partial charge < -0.3 is 5.32 Å². The number of amides is 1. The Hall–Kier alpha value is -2.60. The summed E-state index contributed by atoms with van der Waals surface area (Å²) in [5, 5.41) is 11.7. The van der Waals surface area contributed by atoms with E-state index in [2.05, 4.69) is 23.5 Å². The lowest BCUT2D eigenvalue weighted by Crippen LogP contribution is -2.24. The van der Waals surface area contributed by atoms with Gasteiger partial charge >= 0.3 is 0 Å². The summed E-state index contributed by atoms with van der Waals surface area (Å²) < 4.78 is 0. The van der Waals surface area contributed by atoms with Gasteiger partial charge in [-0.3, -0.25) is 4.79 Å². The quantitative estimate of drug-likeness (QED) is 0.796. The van der Waals surface area contributed by atoms with E-state index in [1.807, 2.05) is 30.3 Å². The van der Waals surface area contributed by atoms with Crippen LogP contribution < -0.4 is 5.32 Å². The van der Waals surface area contributed by atoms with Crippen LogP contribution in [0.5, 0.6) is 0 Å². The first kappa shape index (κ1) is 15.8. The standard InChI is InChI=1S/C19H20N2O/c20-15-18-10-8-17(9-11-18)12-13-19(22)21-14-4-7-16-5-2-1-3-6-16/h1-3,5-6,8-11H,4,7,12-14H2,(H,21,22). The van der Waals surface area contributed by atoms with Crippen LogP contribution in [0.25, 0.3) is 0 Å². The van der Waals surface area contributed by atoms with Crippen LogP contribution in [0, 0.1) is 11.3 Å². The molecule has 1 N–H and O–H groups in total. The predicted octanol–water partition coefficient (Wildman–Crippen LogP) is 3.24. The van der Waals surface area contributed by atoms with E-state index < -0.39 is 0 Å². The maximum absolute atomic E-state index is 11.8. The number of aryl methyl sites for hydroxylation is 2. The summed E-state index contributed by atoms with van der Waals surface area (Å²) in [6.07, 6.45) is 3.12. The Bertz CT molecular complexity index is 627. The highest BCUT2D eigenvalue weighted by atomic mass is 16.1. The van der Waals surface area contributed by atoms with Gasteiger partial charge in [0.2, 0.25) is 5.91 Å². The van der Waals surface area contributed by atoms with Crippen molar-refractivity contribution in [3.05, 3.63) is 71.3 Å². The van der Waals surface area contributed by atoms with Gasteiger partial charge in [0.05, 0.1) is 11.6 Å². The SMILES string of the molecule is N#Cc1ccc(CCC(=O)NCCCc2ccccc2)cc1. The number of nitrogens with one attached hydrogen (secondary N) is 1. The average molecular weight is 292 g/mol. The molecule has 3 nitrogen and oxygen atoms in total. The van der Waals surface area contributed by atoms with Crippen molar-refractivity contribution < 1.29 is 4.79 Å². The molecular weight excluding hydrogens is 272 g/mol. The van der Waals surface area contributed by atoms with Crippen LogP contribution in [-0.2, 0) is 17.6 Å². The van der Waals surface area contributed by atoms with Gasteiger partial charge in [0.25, 0.3) is 0 Å². The Balaban J connectivity index is 1.62. The number of carbonyl (C=O) groups excluding carboxylic acids is 1. The van der Waals surface area contributed by atoms with Crippen LogP contribution in [-0.4, -0.2) is 12.5 Å². The van der Waals surface area contributed by atoms with E-state index in [0.717, 1.165) is 18.4 Å². The van der Waals surface area contributed by atoms with Crippen molar-refractivity contribution in [3.63, 3.8) is 0 Å². The lowest BCUT2D eigenvalue weighted by molar-refractivity contribution is -0.121. The zero-order valence-corrected chi connectivity index (χ0v) is 12.6. The maximum atomic E-state index is 11.8.